The summed E-state index contributed by atoms with van der Waals surface area (Å²) >= 11 is 0. The van der Waals surface area contributed by atoms with Crippen LogP contribution >= 0.6 is 12.4 Å². The zero-order valence-corrected chi connectivity index (χ0v) is 15.6. The van der Waals surface area contributed by atoms with Crippen molar-refractivity contribution in [1.82, 2.24) is 4.90 Å². The van der Waals surface area contributed by atoms with Gasteiger partial charge in [0.25, 0.3) is 0 Å². The van der Waals surface area contributed by atoms with Crippen LogP contribution in [0, 0.1) is 0 Å². The monoisotopic (exact) mass is 386 g/mol. The molecular weight excluding hydrogens is 362 g/mol. The molecule has 0 aliphatic rings. The topological polar surface area (TPSA) is 47.7 Å². The van der Waals surface area contributed by atoms with Gasteiger partial charge in [0.05, 0.1) is 6.61 Å². The van der Waals surface area contributed by atoms with E-state index in [1.54, 1.807) is 19.1 Å². The molecule has 0 atom stereocenters. The summed E-state index contributed by atoms with van der Waals surface area (Å²) in [6.45, 7) is 1.97. The Morgan fingerprint density at radius 1 is 1.00 bits per heavy atom. The summed E-state index contributed by atoms with van der Waals surface area (Å²) in [5.74, 6) is 0.377. The van der Waals surface area contributed by atoms with Gasteiger partial charge in [-0.15, -0.1) is 12.4 Å². The number of nitrogens with zero attached hydrogens (tertiary/aromatic N) is 1. The highest BCUT2D eigenvalue weighted by Crippen LogP contribution is 2.30. The van der Waals surface area contributed by atoms with Gasteiger partial charge in [0, 0.05) is 26.2 Å². The third kappa shape index (κ3) is 7.15. The van der Waals surface area contributed by atoms with E-state index >= 15 is 0 Å². The third-order valence-corrected chi connectivity index (χ3v) is 3.62. The Bertz CT molecular complexity index is 645. The summed E-state index contributed by atoms with van der Waals surface area (Å²) in [7, 11) is 0. The molecule has 4 nitrogen and oxygen atoms in total. The van der Waals surface area contributed by atoms with Crippen LogP contribution in [-0.2, 0) is 13.1 Å². The minimum Gasteiger partial charge on any atom is -0.490 e. The van der Waals surface area contributed by atoms with Crippen molar-refractivity contribution in [3.8, 4) is 11.5 Å². The average Bonchev–Trinajstić information content (AvgIpc) is 2.58. The third-order valence-electron chi connectivity index (χ3n) is 3.62. The van der Waals surface area contributed by atoms with Crippen LogP contribution in [-0.4, -0.2) is 31.2 Å². The molecule has 0 fully saturated rings. The van der Waals surface area contributed by atoms with Crippen LogP contribution < -0.4 is 15.2 Å². The standard InChI is InChI=1S/C19H24F2N2O2.ClH/c1-2-24-18-12-16(8-9-17(18)25-19(20)21)14-23(11-10-22)13-15-6-4-3-5-7-15;/h3-9,12,19H,2,10-11,13-14,22H2,1H3;1H. The molecule has 0 unspecified atom stereocenters. The van der Waals surface area contributed by atoms with E-state index in [4.69, 9.17) is 10.5 Å². The maximum absolute atomic E-state index is 12.5. The molecule has 2 N–H and O–H groups in total. The molecule has 0 aromatic heterocycles. The van der Waals surface area contributed by atoms with Gasteiger partial charge < -0.3 is 15.2 Å². The summed E-state index contributed by atoms with van der Waals surface area (Å²) < 4.78 is 34.9. The smallest absolute Gasteiger partial charge is 0.387 e. The van der Waals surface area contributed by atoms with Crippen LogP contribution in [0.25, 0.3) is 0 Å². The van der Waals surface area contributed by atoms with Gasteiger partial charge >= 0.3 is 6.61 Å². The van der Waals surface area contributed by atoms with Crippen molar-refractivity contribution in [3.63, 3.8) is 0 Å². The number of rotatable bonds is 10. The maximum atomic E-state index is 12.5. The fourth-order valence-corrected chi connectivity index (χ4v) is 2.61. The lowest BCUT2D eigenvalue weighted by Gasteiger charge is -2.22. The van der Waals surface area contributed by atoms with Crippen LogP contribution in [0.2, 0.25) is 0 Å². The second-order valence-corrected chi connectivity index (χ2v) is 5.58. The molecule has 0 heterocycles. The molecule has 0 amide bonds. The molecule has 2 aromatic rings. The highest BCUT2D eigenvalue weighted by Gasteiger charge is 2.13. The molecule has 0 saturated heterocycles. The Morgan fingerprint density at radius 3 is 2.31 bits per heavy atom. The average molecular weight is 387 g/mol. The molecule has 26 heavy (non-hydrogen) atoms. The van der Waals surface area contributed by atoms with Crippen molar-refractivity contribution < 1.29 is 18.3 Å². The predicted octanol–water partition coefficient (Wildman–Crippen LogP) is 4.07. The van der Waals surface area contributed by atoms with E-state index in [0.717, 1.165) is 18.7 Å². The van der Waals surface area contributed by atoms with E-state index in [2.05, 4.69) is 21.8 Å². The van der Waals surface area contributed by atoms with E-state index in [1.165, 1.54) is 11.6 Å². The molecule has 2 rings (SSSR count). The highest BCUT2D eigenvalue weighted by molar-refractivity contribution is 5.85. The van der Waals surface area contributed by atoms with Gasteiger partial charge in [-0.05, 0) is 30.2 Å². The normalized spacial score (nSPS) is 10.7. The van der Waals surface area contributed by atoms with Crippen LogP contribution in [0.15, 0.2) is 48.5 Å². The second kappa shape index (κ2) is 11.7. The van der Waals surface area contributed by atoms with Crippen molar-refractivity contribution >= 4 is 12.4 Å². The van der Waals surface area contributed by atoms with Crippen molar-refractivity contribution in [2.24, 2.45) is 5.73 Å². The molecular formula is C19H25ClF2N2O2. The summed E-state index contributed by atoms with van der Waals surface area (Å²) in [6, 6.07) is 15.1. The lowest BCUT2D eigenvalue weighted by atomic mass is 10.1. The van der Waals surface area contributed by atoms with Crippen molar-refractivity contribution in [3.05, 3.63) is 59.7 Å². The minimum atomic E-state index is -2.88. The number of hydrogen-bond donors (Lipinski definition) is 1. The fourth-order valence-electron chi connectivity index (χ4n) is 2.61. The van der Waals surface area contributed by atoms with Gasteiger partial charge in [0.15, 0.2) is 11.5 Å². The highest BCUT2D eigenvalue weighted by atomic mass is 35.5. The SMILES string of the molecule is CCOc1cc(CN(CCN)Cc2ccccc2)ccc1OC(F)F.Cl. The zero-order chi connectivity index (χ0) is 18.1. The molecule has 0 saturated carbocycles. The summed E-state index contributed by atoms with van der Waals surface area (Å²) in [5.41, 5.74) is 7.87. The number of hydrogen-bond acceptors (Lipinski definition) is 4. The first-order chi connectivity index (χ1) is 12.1. The number of nitrogens with two attached hydrogens (primary N) is 1. The Hall–Kier alpha value is -1.89. The van der Waals surface area contributed by atoms with E-state index in [-0.39, 0.29) is 18.2 Å². The van der Waals surface area contributed by atoms with E-state index < -0.39 is 6.61 Å². The van der Waals surface area contributed by atoms with Gasteiger partial charge in [-0.1, -0.05) is 36.4 Å². The largest absolute Gasteiger partial charge is 0.490 e. The molecule has 7 heteroatoms. The molecule has 0 bridgehead atoms. The summed E-state index contributed by atoms with van der Waals surface area (Å²) in [4.78, 5) is 2.20. The van der Waals surface area contributed by atoms with Crippen molar-refractivity contribution in [2.75, 3.05) is 19.7 Å². The van der Waals surface area contributed by atoms with Gasteiger partial charge in [-0.3, -0.25) is 4.90 Å². The molecule has 2 aromatic carbocycles. The number of alkyl halides is 2. The van der Waals surface area contributed by atoms with Crippen LogP contribution in [0.4, 0.5) is 8.78 Å². The second-order valence-electron chi connectivity index (χ2n) is 5.58. The van der Waals surface area contributed by atoms with Crippen molar-refractivity contribution in [1.29, 1.82) is 0 Å². The minimum absolute atomic E-state index is 0. The van der Waals surface area contributed by atoms with Crippen molar-refractivity contribution in [2.45, 2.75) is 26.6 Å². The quantitative estimate of drug-likeness (QED) is 0.668. The fraction of sp³-hybridized carbons (Fsp3) is 0.368. The van der Waals surface area contributed by atoms with E-state index in [9.17, 15) is 8.78 Å². The maximum Gasteiger partial charge on any atom is 0.387 e. The summed E-state index contributed by atoms with van der Waals surface area (Å²) in [5, 5.41) is 0. The first kappa shape index (κ1) is 22.2. The van der Waals surface area contributed by atoms with E-state index in [1.807, 2.05) is 18.2 Å². The number of benzene rings is 2. The zero-order valence-electron chi connectivity index (χ0n) is 14.7. The number of ether oxygens (including phenoxy) is 2. The van der Waals surface area contributed by atoms with Gasteiger partial charge in [-0.25, -0.2) is 0 Å². The first-order valence-corrected chi connectivity index (χ1v) is 8.29. The van der Waals surface area contributed by atoms with Gasteiger partial charge in [-0.2, -0.15) is 8.78 Å². The number of halogens is 3. The summed E-state index contributed by atoms with van der Waals surface area (Å²) in [6.07, 6.45) is 0. The van der Waals surface area contributed by atoms with Crippen LogP contribution in [0.5, 0.6) is 11.5 Å². The van der Waals surface area contributed by atoms with Crippen LogP contribution in [0.1, 0.15) is 18.1 Å². The lowest BCUT2D eigenvalue weighted by molar-refractivity contribution is -0.0514. The Balaban J connectivity index is 0.00000338. The molecule has 0 radical (unpaired) electrons. The Kier molecular flexibility index (Phi) is 9.95. The molecule has 0 aliphatic heterocycles. The van der Waals surface area contributed by atoms with E-state index in [0.29, 0.717) is 25.4 Å². The lowest BCUT2D eigenvalue weighted by Crippen LogP contribution is -2.28. The van der Waals surface area contributed by atoms with Gasteiger partial charge in [0.1, 0.15) is 0 Å². The predicted molar refractivity (Wildman–Crippen MR) is 101 cm³/mol. The Morgan fingerprint density at radius 2 is 1.69 bits per heavy atom. The molecule has 0 spiro atoms. The molecule has 144 valence electrons. The Labute approximate surface area is 159 Å². The van der Waals surface area contributed by atoms with Gasteiger partial charge in [0.2, 0.25) is 0 Å². The molecule has 0 aliphatic carbocycles. The first-order valence-electron chi connectivity index (χ1n) is 8.29. The van der Waals surface area contributed by atoms with Crippen LogP contribution in [0.3, 0.4) is 0 Å².